The molecule has 1 aliphatic rings. The van der Waals surface area contributed by atoms with E-state index in [4.69, 9.17) is 0 Å². The van der Waals surface area contributed by atoms with Crippen LogP contribution in [0.2, 0.25) is 0 Å². The number of unbranched alkanes of at least 4 members (excludes halogenated alkanes) is 2. The van der Waals surface area contributed by atoms with Crippen LogP contribution in [0.3, 0.4) is 0 Å². The van der Waals surface area contributed by atoms with Crippen LogP contribution in [-0.2, 0) is 0 Å². The van der Waals surface area contributed by atoms with Crippen molar-refractivity contribution < 1.29 is 0 Å². The summed E-state index contributed by atoms with van der Waals surface area (Å²) in [5.41, 5.74) is 0. The molecule has 0 nitrogen and oxygen atoms in total. The zero-order valence-electron chi connectivity index (χ0n) is 12.0. The van der Waals surface area contributed by atoms with Crippen LogP contribution in [0.4, 0.5) is 0 Å². The van der Waals surface area contributed by atoms with Gasteiger partial charge in [0.15, 0.2) is 0 Å². The molecule has 0 aliphatic heterocycles. The Morgan fingerprint density at radius 2 is 1.81 bits per heavy atom. The lowest BCUT2D eigenvalue weighted by molar-refractivity contribution is 0.258. The Labute approximate surface area is 103 Å². The zero-order chi connectivity index (χ0) is 12.0. The normalized spacial score (nSPS) is 29.2. The molecule has 96 valence electrons. The first-order chi connectivity index (χ1) is 7.65. The van der Waals surface area contributed by atoms with Gasteiger partial charge >= 0.3 is 0 Å². The average molecular weight is 224 g/mol. The van der Waals surface area contributed by atoms with Crippen LogP contribution < -0.4 is 0 Å². The van der Waals surface area contributed by atoms with Gasteiger partial charge in [-0.15, -0.1) is 0 Å². The van der Waals surface area contributed by atoms with Crippen LogP contribution >= 0.6 is 0 Å². The summed E-state index contributed by atoms with van der Waals surface area (Å²) in [7, 11) is 0. The van der Waals surface area contributed by atoms with Gasteiger partial charge < -0.3 is 0 Å². The fourth-order valence-corrected chi connectivity index (χ4v) is 3.28. The lowest BCUT2D eigenvalue weighted by Gasteiger charge is -2.25. The SMILES string of the molecule is CCCCCC(C)C(C)CC1CCCC1C. The van der Waals surface area contributed by atoms with Crippen LogP contribution in [0, 0.1) is 23.7 Å². The second-order valence-electron chi connectivity index (χ2n) is 6.35. The molecule has 0 heterocycles. The monoisotopic (exact) mass is 224 g/mol. The first-order valence-electron chi connectivity index (χ1n) is 7.65. The van der Waals surface area contributed by atoms with Gasteiger partial charge in [-0.3, -0.25) is 0 Å². The molecule has 1 aliphatic carbocycles. The highest BCUT2D eigenvalue weighted by atomic mass is 14.3. The van der Waals surface area contributed by atoms with Crippen LogP contribution in [0.5, 0.6) is 0 Å². The Morgan fingerprint density at radius 1 is 1.06 bits per heavy atom. The quantitative estimate of drug-likeness (QED) is 0.489. The van der Waals surface area contributed by atoms with Gasteiger partial charge in [-0.05, 0) is 30.1 Å². The maximum absolute atomic E-state index is 2.49. The summed E-state index contributed by atoms with van der Waals surface area (Å²) in [5, 5.41) is 0. The maximum Gasteiger partial charge on any atom is -0.0386 e. The molecule has 0 bridgehead atoms. The van der Waals surface area contributed by atoms with E-state index in [1.54, 1.807) is 0 Å². The predicted octanol–water partition coefficient (Wildman–Crippen LogP) is 5.67. The van der Waals surface area contributed by atoms with Crippen molar-refractivity contribution in [3.05, 3.63) is 0 Å². The zero-order valence-corrected chi connectivity index (χ0v) is 12.0. The van der Waals surface area contributed by atoms with Gasteiger partial charge in [0.2, 0.25) is 0 Å². The number of hydrogen-bond donors (Lipinski definition) is 0. The second kappa shape index (κ2) is 7.35. The summed E-state index contributed by atoms with van der Waals surface area (Å²) >= 11 is 0. The largest absolute Gasteiger partial charge is 0.0654 e. The fourth-order valence-electron chi connectivity index (χ4n) is 3.28. The molecule has 0 aromatic rings. The molecular weight excluding hydrogens is 192 g/mol. The first-order valence-corrected chi connectivity index (χ1v) is 7.65. The molecule has 1 rings (SSSR count). The minimum absolute atomic E-state index is 0.944. The van der Waals surface area contributed by atoms with E-state index in [-0.39, 0.29) is 0 Å². The van der Waals surface area contributed by atoms with Crippen molar-refractivity contribution in [3.63, 3.8) is 0 Å². The summed E-state index contributed by atoms with van der Waals surface area (Å²) in [6, 6.07) is 0. The standard InChI is InChI=1S/C16H32/c1-5-6-7-9-13(2)15(4)12-16-11-8-10-14(16)3/h13-16H,5-12H2,1-4H3. The summed E-state index contributed by atoms with van der Waals surface area (Å²) < 4.78 is 0. The van der Waals surface area contributed by atoms with E-state index in [0.717, 1.165) is 23.7 Å². The van der Waals surface area contributed by atoms with Gasteiger partial charge in [0.05, 0.1) is 0 Å². The topological polar surface area (TPSA) is 0 Å². The molecule has 1 saturated carbocycles. The number of rotatable bonds is 7. The molecule has 0 amide bonds. The summed E-state index contributed by atoms with van der Waals surface area (Å²) in [4.78, 5) is 0. The Kier molecular flexibility index (Phi) is 6.46. The highest BCUT2D eigenvalue weighted by Crippen LogP contribution is 2.37. The smallest absolute Gasteiger partial charge is 0.0386 e. The maximum atomic E-state index is 2.49. The molecule has 0 radical (unpaired) electrons. The third-order valence-corrected chi connectivity index (χ3v) is 4.95. The van der Waals surface area contributed by atoms with Gasteiger partial charge in [0, 0.05) is 0 Å². The van der Waals surface area contributed by atoms with Gasteiger partial charge in [0.25, 0.3) is 0 Å². The van der Waals surface area contributed by atoms with E-state index in [0.29, 0.717) is 0 Å². The minimum atomic E-state index is 0.944. The third-order valence-electron chi connectivity index (χ3n) is 4.95. The van der Waals surface area contributed by atoms with Crippen molar-refractivity contribution in [1.29, 1.82) is 0 Å². The highest BCUT2D eigenvalue weighted by Gasteiger charge is 2.26. The molecular formula is C16H32. The van der Waals surface area contributed by atoms with Crippen molar-refractivity contribution in [2.45, 2.75) is 79.1 Å². The molecule has 4 unspecified atom stereocenters. The van der Waals surface area contributed by atoms with Crippen molar-refractivity contribution in [2.24, 2.45) is 23.7 Å². The lowest BCUT2D eigenvalue weighted by atomic mass is 9.81. The molecule has 0 N–H and O–H groups in total. The van der Waals surface area contributed by atoms with E-state index >= 15 is 0 Å². The van der Waals surface area contributed by atoms with E-state index in [2.05, 4.69) is 27.7 Å². The Balaban J connectivity index is 2.19. The molecule has 0 aromatic heterocycles. The molecule has 0 spiro atoms. The van der Waals surface area contributed by atoms with Gasteiger partial charge in [0.1, 0.15) is 0 Å². The van der Waals surface area contributed by atoms with Gasteiger partial charge in [-0.2, -0.15) is 0 Å². The minimum Gasteiger partial charge on any atom is -0.0654 e. The molecule has 0 saturated heterocycles. The van der Waals surface area contributed by atoms with Crippen LogP contribution in [0.15, 0.2) is 0 Å². The van der Waals surface area contributed by atoms with Crippen molar-refractivity contribution in [1.82, 2.24) is 0 Å². The third kappa shape index (κ3) is 4.47. The van der Waals surface area contributed by atoms with E-state index < -0.39 is 0 Å². The highest BCUT2D eigenvalue weighted by molar-refractivity contribution is 4.77. The van der Waals surface area contributed by atoms with Crippen molar-refractivity contribution >= 4 is 0 Å². The van der Waals surface area contributed by atoms with Crippen LogP contribution in [0.1, 0.15) is 79.1 Å². The van der Waals surface area contributed by atoms with Crippen molar-refractivity contribution in [2.75, 3.05) is 0 Å². The second-order valence-corrected chi connectivity index (χ2v) is 6.35. The molecule has 16 heavy (non-hydrogen) atoms. The van der Waals surface area contributed by atoms with Gasteiger partial charge in [-0.25, -0.2) is 0 Å². The van der Waals surface area contributed by atoms with Crippen LogP contribution in [-0.4, -0.2) is 0 Å². The molecule has 0 heteroatoms. The molecule has 1 fully saturated rings. The van der Waals surface area contributed by atoms with E-state index in [9.17, 15) is 0 Å². The van der Waals surface area contributed by atoms with Crippen LogP contribution in [0.25, 0.3) is 0 Å². The first kappa shape index (κ1) is 14.1. The Bertz CT molecular complexity index is 173. The number of hydrogen-bond acceptors (Lipinski definition) is 0. The Morgan fingerprint density at radius 3 is 2.38 bits per heavy atom. The average Bonchev–Trinajstić information content (AvgIpc) is 2.64. The van der Waals surface area contributed by atoms with E-state index in [1.165, 1.54) is 51.4 Å². The summed E-state index contributed by atoms with van der Waals surface area (Å²) in [5.74, 6) is 3.94. The Hall–Kier alpha value is 0. The van der Waals surface area contributed by atoms with Crippen molar-refractivity contribution in [3.8, 4) is 0 Å². The summed E-state index contributed by atoms with van der Waals surface area (Å²) in [6.07, 6.45) is 11.7. The summed E-state index contributed by atoms with van der Waals surface area (Å²) in [6.45, 7) is 9.72. The predicted molar refractivity (Wildman–Crippen MR) is 73.6 cm³/mol. The lowest BCUT2D eigenvalue weighted by Crippen LogP contribution is -2.15. The fraction of sp³-hybridized carbons (Fsp3) is 1.00. The van der Waals surface area contributed by atoms with E-state index in [1.807, 2.05) is 0 Å². The molecule has 4 atom stereocenters. The van der Waals surface area contributed by atoms with Gasteiger partial charge in [-0.1, -0.05) is 72.6 Å². The molecule has 0 aromatic carbocycles.